The predicted molar refractivity (Wildman–Crippen MR) is 236 cm³/mol. The number of Topliss-reactive ketones (excluding diaryl/α,β-unsaturated/α-hetero) is 4. The number of aromatic amines is 1. The summed E-state index contributed by atoms with van der Waals surface area (Å²) in [4.78, 5) is 89.4. The van der Waals surface area contributed by atoms with E-state index in [-0.39, 0.29) is 82.8 Å². The van der Waals surface area contributed by atoms with Gasteiger partial charge in [0.05, 0.1) is 59.3 Å². The van der Waals surface area contributed by atoms with Crippen molar-refractivity contribution in [1.29, 1.82) is 0 Å². The van der Waals surface area contributed by atoms with Crippen molar-refractivity contribution in [1.82, 2.24) is 39.9 Å². The maximum Gasteiger partial charge on any atom is 1.00 e. The van der Waals surface area contributed by atoms with Crippen LogP contribution in [-0.2, 0) is 24.1 Å². The Kier molecular flexibility index (Phi) is 19.7. The van der Waals surface area contributed by atoms with Crippen molar-refractivity contribution in [2.75, 3.05) is 5.33 Å². The first-order valence-corrected chi connectivity index (χ1v) is 21.8. The van der Waals surface area contributed by atoms with Crippen LogP contribution in [0.25, 0.3) is 22.6 Å². The third kappa shape index (κ3) is 14.3. The number of pyridine rings is 3. The van der Waals surface area contributed by atoms with Crippen molar-refractivity contribution < 1.29 is 59.0 Å². The van der Waals surface area contributed by atoms with E-state index in [2.05, 4.69) is 74.9 Å². The molecule has 7 heterocycles. The summed E-state index contributed by atoms with van der Waals surface area (Å²) >= 11 is 7.28. The first kappa shape index (κ1) is 49.2. The Hall–Kier alpha value is -5.44. The van der Waals surface area contributed by atoms with E-state index in [9.17, 15) is 24.0 Å². The molecule has 0 fully saturated rings. The van der Waals surface area contributed by atoms with E-state index >= 15 is 0 Å². The predicted octanol–water partition coefficient (Wildman–Crippen LogP) is 5.12. The molecule has 0 aliphatic carbocycles. The van der Waals surface area contributed by atoms with Crippen molar-refractivity contribution in [3.8, 4) is 22.6 Å². The normalized spacial score (nSPS) is 10.1. The molecule has 0 saturated heterocycles. The van der Waals surface area contributed by atoms with Gasteiger partial charge in [-0.3, -0.25) is 29.1 Å². The summed E-state index contributed by atoms with van der Waals surface area (Å²) in [7, 11) is 0. The smallest absolute Gasteiger partial charge is 0.870 e. The fourth-order valence-corrected chi connectivity index (χ4v) is 7.27. The molecule has 0 amide bonds. The Morgan fingerprint density at radius 1 is 0.613 bits per heavy atom. The molecule has 14 nitrogen and oxygen atoms in total. The van der Waals surface area contributed by atoms with Gasteiger partial charge < -0.3 is 20.2 Å². The summed E-state index contributed by atoms with van der Waals surface area (Å²) in [6.45, 7) is 2.06. The van der Waals surface area contributed by atoms with Gasteiger partial charge in [0.2, 0.25) is 0 Å². The number of rotatable bonds is 14. The van der Waals surface area contributed by atoms with Crippen LogP contribution >= 0.6 is 49.9 Å². The number of aryl methyl sites for hydroxylation is 1. The molecule has 8 aromatic rings. The van der Waals surface area contributed by atoms with E-state index in [4.69, 9.17) is 0 Å². The largest absolute Gasteiger partial charge is 1.00 e. The minimum Gasteiger partial charge on any atom is -0.870 e. The first-order chi connectivity index (χ1) is 29.2. The molecule has 308 valence electrons. The summed E-state index contributed by atoms with van der Waals surface area (Å²) in [5.74, 6) is 0.640. The molecule has 0 aliphatic heterocycles. The number of thiazole rings is 3. The number of hydrogen-bond acceptors (Lipinski definition) is 16. The van der Waals surface area contributed by atoms with Crippen molar-refractivity contribution in [3.63, 3.8) is 0 Å². The Labute approximate surface area is 398 Å². The third-order valence-corrected chi connectivity index (χ3v) is 10.7. The zero-order valence-electron chi connectivity index (χ0n) is 33.1. The average Bonchev–Trinajstić information content (AvgIpc) is 4.13. The Morgan fingerprint density at radius 3 is 1.56 bits per heavy atom. The SMILES string of the molecule is Cc1cccc(-c2ncc(-c3ccc(CC(=O)c4cscn4)nc3)[nH]2)c1.O=C(CBr)c1ccc(CC(=O)c2cscn2)nc1.O=[C-]c1ccc(CC(=O)c2cscn2)nc1.[Na+].[OH-]. The number of hydrogen-bond donors (Lipinski definition) is 1. The van der Waals surface area contributed by atoms with Gasteiger partial charge in [0.15, 0.2) is 23.1 Å². The van der Waals surface area contributed by atoms with Gasteiger partial charge in [-0.05, 0) is 37.3 Å². The molecule has 2 N–H and O–H groups in total. The topological polar surface area (TPSA) is 221 Å². The van der Waals surface area contributed by atoms with Crippen molar-refractivity contribution in [2.24, 2.45) is 0 Å². The molecular weight excluding hydrogens is 924 g/mol. The van der Waals surface area contributed by atoms with Crippen LogP contribution in [0.4, 0.5) is 0 Å². The van der Waals surface area contributed by atoms with Crippen LogP contribution in [0.5, 0.6) is 0 Å². The molecule has 7 aromatic heterocycles. The molecule has 1 aromatic carbocycles. The summed E-state index contributed by atoms with van der Waals surface area (Å²) in [5, 5.41) is 5.45. The van der Waals surface area contributed by atoms with Crippen LogP contribution in [0.1, 0.15) is 70.0 Å². The van der Waals surface area contributed by atoms with Gasteiger partial charge in [-0.1, -0.05) is 52.0 Å². The minimum atomic E-state index is -0.0726. The van der Waals surface area contributed by atoms with E-state index in [0.717, 1.165) is 28.3 Å². The number of H-pyrrole nitrogens is 1. The van der Waals surface area contributed by atoms with Gasteiger partial charge in [0, 0.05) is 62.3 Å². The number of carbonyl (C=O) groups excluding carboxylic acids is 5. The van der Waals surface area contributed by atoms with Crippen molar-refractivity contribution >= 4 is 79.4 Å². The number of carbonyl (C=O) groups is 4. The molecule has 0 spiro atoms. The Balaban J connectivity index is 0.000000209. The number of imidazole rings is 1. The van der Waals surface area contributed by atoms with E-state index in [1.807, 2.05) is 24.3 Å². The zero-order chi connectivity index (χ0) is 42.3. The van der Waals surface area contributed by atoms with Gasteiger partial charge in [-0.2, -0.15) is 6.07 Å². The van der Waals surface area contributed by atoms with Crippen molar-refractivity contribution in [2.45, 2.75) is 26.2 Å². The van der Waals surface area contributed by atoms with Crippen LogP contribution in [-0.4, -0.2) is 80.1 Å². The Morgan fingerprint density at radius 2 is 1.15 bits per heavy atom. The molecule has 0 saturated carbocycles. The van der Waals surface area contributed by atoms with Gasteiger partial charge in [-0.15, -0.1) is 39.6 Å². The first-order valence-electron chi connectivity index (χ1n) is 17.9. The summed E-state index contributed by atoms with van der Waals surface area (Å²) in [5.41, 5.74) is 13.3. The second kappa shape index (κ2) is 24.9. The number of nitrogens with zero attached hydrogens (tertiary/aromatic N) is 7. The fourth-order valence-electron chi connectivity index (χ4n) is 5.27. The molecule has 0 bridgehead atoms. The van der Waals surface area contributed by atoms with Gasteiger partial charge in [0.1, 0.15) is 22.9 Å². The van der Waals surface area contributed by atoms with Crippen LogP contribution in [0.2, 0.25) is 0 Å². The number of ketones is 4. The molecule has 62 heavy (non-hydrogen) atoms. The van der Waals surface area contributed by atoms with Crippen LogP contribution in [0, 0.1) is 6.92 Å². The second-order valence-electron chi connectivity index (χ2n) is 12.7. The zero-order valence-corrected chi connectivity index (χ0v) is 39.1. The number of aromatic nitrogens is 8. The van der Waals surface area contributed by atoms with E-state index < -0.39 is 0 Å². The van der Waals surface area contributed by atoms with Gasteiger partial charge in [-0.25, -0.2) is 19.9 Å². The van der Waals surface area contributed by atoms with E-state index in [0.29, 0.717) is 39.6 Å². The molecule has 19 heteroatoms. The third-order valence-electron chi connectivity index (χ3n) is 8.39. The minimum absolute atomic E-state index is 0. The maximum absolute atomic E-state index is 12.1. The maximum atomic E-state index is 12.1. The van der Waals surface area contributed by atoms with Crippen LogP contribution < -0.4 is 29.6 Å². The standard InChI is InChI=1S/C20H16N4OS.C12H9BrN2O2S.C11H7N2O2S.Na.H2O/c1-13-3-2-4-14(7-13)20-22-10-17(24-20)15-5-6-16(21-9-15)8-19(25)18-11-26-12-23-18;13-4-12(17)8-1-2-9(14-5-8)3-11(16)10-6-18-7-15-10;14-5-8-1-2-9(12-4-8)3-11(15)10-6-16-7-13-10;;/h2-7,9-12H,8H2,1H3,(H,22,24);1-2,5-7H,3-4H2;1-2,4,6-7H,3H2;;1H2/q;;-1;+1;/p-1. The summed E-state index contributed by atoms with van der Waals surface area (Å²) in [6.07, 6.45) is 8.83. The molecule has 0 unspecified atom stereocenters. The monoisotopic (exact) mass is 955 g/mol. The van der Waals surface area contributed by atoms with Gasteiger partial charge >= 0.3 is 29.6 Å². The van der Waals surface area contributed by atoms with Gasteiger partial charge in [0.25, 0.3) is 0 Å². The van der Waals surface area contributed by atoms with E-state index in [1.165, 1.54) is 52.0 Å². The molecule has 8 rings (SSSR count). The molecule has 0 atom stereocenters. The Bertz CT molecular complexity index is 2660. The fraction of sp³-hybridized carbons (Fsp3) is 0.116. The molecule has 0 radical (unpaired) electrons. The number of nitrogens with one attached hydrogen (secondary N) is 1. The number of halogens is 1. The number of alkyl halides is 1. The van der Waals surface area contributed by atoms with Crippen LogP contribution in [0.15, 0.2) is 118 Å². The van der Waals surface area contributed by atoms with Crippen molar-refractivity contribution in [3.05, 3.63) is 169 Å². The number of benzene rings is 1. The average molecular weight is 957 g/mol. The van der Waals surface area contributed by atoms with Crippen LogP contribution in [0.3, 0.4) is 0 Å². The molecule has 0 aliphatic rings. The van der Waals surface area contributed by atoms with E-state index in [1.54, 1.807) is 75.6 Å². The molecular formula is C43H33BrN8NaO6S3-. The quantitative estimate of drug-likeness (QED) is 0.0648. The summed E-state index contributed by atoms with van der Waals surface area (Å²) < 4.78 is 0. The summed E-state index contributed by atoms with van der Waals surface area (Å²) in [6, 6.07) is 18.6. The second-order valence-corrected chi connectivity index (χ2v) is 15.4.